The molecule has 0 aliphatic heterocycles. The van der Waals surface area contributed by atoms with Gasteiger partial charge in [-0.2, -0.15) is 0 Å². The van der Waals surface area contributed by atoms with Crippen molar-refractivity contribution < 1.29 is 5.11 Å². The molecule has 1 nitrogen and oxygen atoms in total. The maximum Gasteiger partial charge on any atom is 0.0992 e. The molecule has 0 unspecified atom stereocenters. The van der Waals surface area contributed by atoms with Crippen LogP contribution in [-0.4, -0.2) is 5.11 Å². The van der Waals surface area contributed by atoms with E-state index in [9.17, 15) is 5.11 Å². The van der Waals surface area contributed by atoms with Crippen molar-refractivity contribution in [2.75, 3.05) is 0 Å². The molecule has 28 heavy (non-hydrogen) atoms. The molecule has 3 rings (SSSR count). The number of aliphatic hydroxyl groups is 1. The minimum Gasteiger partial charge on any atom is -0.384 e. The summed E-state index contributed by atoms with van der Waals surface area (Å²) in [6.45, 7) is 12.7. The Morgan fingerprint density at radius 3 is 1.18 bits per heavy atom. The molecule has 1 heteroatoms. The van der Waals surface area contributed by atoms with Crippen LogP contribution in [0.25, 0.3) is 22.3 Å². The minimum atomic E-state index is -0.992. The highest BCUT2D eigenvalue weighted by Crippen LogP contribution is 2.52. The summed E-state index contributed by atoms with van der Waals surface area (Å²) in [6.07, 6.45) is 0. The fourth-order valence-corrected chi connectivity index (χ4v) is 4.42. The van der Waals surface area contributed by atoms with Crippen LogP contribution in [0.3, 0.4) is 0 Å². The smallest absolute Gasteiger partial charge is 0.0992 e. The van der Waals surface area contributed by atoms with E-state index in [1.165, 1.54) is 0 Å². The Bertz CT molecular complexity index is 854. The van der Waals surface area contributed by atoms with Gasteiger partial charge in [0.25, 0.3) is 0 Å². The first kappa shape index (κ1) is 20.4. The zero-order valence-corrected chi connectivity index (χ0v) is 18.0. The van der Waals surface area contributed by atoms with Crippen molar-refractivity contribution in [3.63, 3.8) is 0 Å². The van der Waals surface area contributed by atoms with Crippen LogP contribution in [0.4, 0.5) is 0 Å². The van der Waals surface area contributed by atoms with E-state index in [0.717, 1.165) is 27.8 Å². The van der Waals surface area contributed by atoms with Gasteiger partial charge in [0.05, 0.1) is 5.60 Å². The van der Waals surface area contributed by atoms with Gasteiger partial charge in [0.15, 0.2) is 0 Å². The predicted octanol–water partition coefficient (Wildman–Crippen LogP) is 7.30. The second-order valence-electron chi connectivity index (χ2n) is 9.74. The van der Waals surface area contributed by atoms with Crippen LogP contribution in [0.2, 0.25) is 0 Å². The van der Waals surface area contributed by atoms with E-state index in [-0.39, 0.29) is 10.8 Å². The van der Waals surface area contributed by atoms with Crippen LogP contribution in [0.1, 0.15) is 47.1 Å². The third-order valence-corrected chi connectivity index (χ3v) is 5.74. The van der Waals surface area contributed by atoms with E-state index in [4.69, 9.17) is 0 Å². The highest BCUT2D eigenvalue weighted by molar-refractivity contribution is 5.74. The molecular weight excluding hydrogens is 340 g/mol. The number of hydrogen-bond acceptors (Lipinski definition) is 1. The fourth-order valence-electron chi connectivity index (χ4n) is 4.42. The summed E-state index contributed by atoms with van der Waals surface area (Å²) in [5.74, 6) is 0. The number of benzene rings is 3. The summed E-state index contributed by atoms with van der Waals surface area (Å²) in [5.41, 5.74) is 3.90. The molecule has 0 bridgehead atoms. The topological polar surface area (TPSA) is 20.2 Å². The van der Waals surface area contributed by atoms with Crippen LogP contribution in [0.5, 0.6) is 0 Å². The maximum atomic E-state index is 12.1. The summed E-state index contributed by atoms with van der Waals surface area (Å²) >= 11 is 0. The summed E-state index contributed by atoms with van der Waals surface area (Å²) in [5, 5.41) is 12.1. The Morgan fingerprint density at radius 2 is 0.857 bits per heavy atom. The highest BCUT2D eigenvalue weighted by atomic mass is 16.3. The SMILES string of the molecule is CC(C)(C)C(O)(c1cc(-c2ccccc2)cc(-c2ccccc2)c1)C(C)(C)C. The maximum absolute atomic E-state index is 12.1. The molecule has 0 atom stereocenters. The van der Waals surface area contributed by atoms with E-state index in [1.54, 1.807) is 0 Å². The molecule has 0 aliphatic carbocycles. The highest BCUT2D eigenvalue weighted by Gasteiger charge is 2.50. The van der Waals surface area contributed by atoms with E-state index in [1.807, 2.05) is 12.1 Å². The van der Waals surface area contributed by atoms with Crippen molar-refractivity contribution in [1.82, 2.24) is 0 Å². The second kappa shape index (κ2) is 7.22. The Balaban J connectivity index is 2.32. The van der Waals surface area contributed by atoms with Gasteiger partial charge in [0.1, 0.15) is 0 Å². The lowest BCUT2D eigenvalue weighted by Gasteiger charge is -2.50. The predicted molar refractivity (Wildman–Crippen MR) is 120 cm³/mol. The summed E-state index contributed by atoms with van der Waals surface area (Å²) in [4.78, 5) is 0. The van der Waals surface area contributed by atoms with E-state index in [2.05, 4.69) is 108 Å². The van der Waals surface area contributed by atoms with Crippen molar-refractivity contribution >= 4 is 0 Å². The fraction of sp³-hybridized carbons (Fsp3) is 0.333. The van der Waals surface area contributed by atoms with Gasteiger partial charge in [0.2, 0.25) is 0 Å². The monoisotopic (exact) mass is 372 g/mol. The molecular formula is C27H32O. The molecule has 0 heterocycles. The van der Waals surface area contributed by atoms with Crippen molar-refractivity contribution in [3.05, 3.63) is 84.4 Å². The molecule has 0 aromatic heterocycles. The molecule has 146 valence electrons. The van der Waals surface area contributed by atoms with Crippen LogP contribution >= 0.6 is 0 Å². The molecule has 0 amide bonds. The Labute approximate surface area is 170 Å². The first-order valence-electron chi connectivity index (χ1n) is 10.0. The van der Waals surface area contributed by atoms with Gasteiger partial charge in [-0.05, 0) is 56.8 Å². The lowest BCUT2D eigenvalue weighted by molar-refractivity contribution is -0.145. The summed E-state index contributed by atoms with van der Waals surface area (Å²) < 4.78 is 0. The van der Waals surface area contributed by atoms with Gasteiger partial charge < -0.3 is 5.11 Å². The Kier molecular flexibility index (Phi) is 5.25. The van der Waals surface area contributed by atoms with Gasteiger partial charge in [-0.15, -0.1) is 0 Å². The molecule has 1 N–H and O–H groups in total. The quantitative estimate of drug-likeness (QED) is 0.511. The Hall–Kier alpha value is -2.38. The van der Waals surface area contributed by atoms with Crippen molar-refractivity contribution in [2.45, 2.75) is 47.1 Å². The average molecular weight is 373 g/mol. The zero-order chi connectivity index (χ0) is 20.6. The van der Waals surface area contributed by atoms with Crippen molar-refractivity contribution in [3.8, 4) is 22.3 Å². The van der Waals surface area contributed by atoms with Crippen LogP contribution in [0.15, 0.2) is 78.9 Å². The normalized spacial score (nSPS) is 12.8. The first-order chi connectivity index (χ1) is 13.0. The standard InChI is InChI=1S/C27H32O/c1-25(2,3)27(28,26(4,5)6)24-18-22(20-13-9-7-10-14-20)17-23(19-24)21-15-11-8-12-16-21/h7-19,28H,1-6H3. The molecule has 3 aromatic rings. The summed E-state index contributed by atoms with van der Waals surface area (Å²) in [6, 6.07) is 27.4. The summed E-state index contributed by atoms with van der Waals surface area (Å²) in [7, 11) is 0. The van der Waals surface area contributed by atoms with Crippen molar-refractivity contribution in [1.29, 1.82) is 0 Å². The lowest BCUT2D eigenvalue weighted by Crippen LogP contribution is -2.50. The van der Waals surface area contributed by atoms with Gasteiger partial charge in [-0.25, -0.2) is 0 Å². The van der Waals surface area contributed by atoms with Crippen LogP contribution in [-0.2, 0) is 5.60 Å². The van der Waals surface area contributed by atoms with E-state index in [0.29, 0.717) is 0 Å². The number of hydrogen-bond donors (Lipinski definition) is 1. The van der Waals surface area contributed by atoms with Gasteiger partial charge >= 0.3 is 0 Å². The lowest BCUT2D eigenvalue weighted by atomic mass is 9.59. The molecule has 3 aromatic carbocycles. The molecule has 0 spiro atoms. The first-order valence-corrected chi connectivity index (χ1v) is 10.0. The molecule has 0 radical (unpaired) electrons. The van der Waals surface area contributed by atoms with E-state index >= 15 is 0 Å². The average Bonchev–Trinajstić information content (AvgIpc) is 2.66. The largest absolute Gasteiger partial charge is 0.384 e. The third-order valence-electron chi connectivity index (χ3n) is 5.74. The van der Waals surface area contributed by atoms with E-state index < -0.39 is 5.60 Å². The zero-order valence-electron chi connectivity index (χ0n) is 18.0. The van der Waals surface area contributed by atoms with Crippen molar-refractivity contribution in [2.24, 2.45) is 10.8 Å². The van der Waals surface area contributed by atoms with Gasteiger partial charge in [-0.3, -0.25) is 0 Å². The third kappa shape index (κ3) is 3.64. The minimum absolute atomic E-state index is 0.325. The van der Waals surface area contributed by atoms with Crippen LogP contribution < -0.4 is 0 Å². The van der Waals surface area contributed by atoms with Crippen LogP contribution in [0, 0.1) is 10.8 Å². The molecule has 0 aliphatic rings. The molecule has 0 saturated heterocycles. The molecule has 0 saturated carbocycles. The molecule has 0 fully saturated rings. The second-order valence-corrected chi connectivity index (χ2v) is 9.74. The number of rotatable bonds is 3. The Morgan fingerprint density at radius 1 is 0.500 bits per heavy atom. The van der Waals surface area contributed by atoms with Gasteiger partial charge in [0, 0.05) is 0 Å². The van der Waals surface area contributed by atoms with Gasteiger partial charge in [-0.1, -0.05) is 102 Å².